The summed E-state index contributed by atoms with van der Waals surface area (Å²) in [5.74, 6) is 0.992. The monoisotopic (exact) mass is 346 g/mol. The highest BCUT2D eigenvalue weighted by Gasteiger charge is 2.63. The molecule has 0 spiro atoms. The molecule has 0 radical (unpaired) electrons. The Morgan fingerprint density at radius 1 is 1.12 bits per heavy atom. The van der Waals surface area contributed by atoms with E-state index in [4.69, 9.17) is 0 Å². The fraction of sp³-hybridized carbons (Fsp3) is 0.818. The number of aliphatic hydroxyl groups is 3. The molecule has 0 aromatic heterocycles. The second kappa shape index (κ2) is 5.68. The predicted molar refractivity (Wildman–Crippen MR) is 98.9 cm³/mol. The molecule has 0 aromatic rings. The fourth-order valence-corrected chi connectivity index (χ4v) is 7.21. The topological polar surface area (TPSA) is 60.7 Å². The molecule has 0 unspecified atom stereocenters. The summed E-state index contributed by atoms with van der Waals surface area (Å²) in [6, 6.07) is 0. The van der Waals surface area contributed by atoms with Gasteiger partial charge in [0.2, 0.25) is 0 Å². The lowest BCUT2D eigenvalue weighted by Gasteiger charge is -2.61. The van der Waals surface area contributed by atoms with Gasteiger partial charge in [0.05, 0.1) is 17.8 Å². The van der Waals surface area contributed by atoms with Crippen molar-refractivity contribution in [3.05, 3.63) is 24.3 Å². The molecule has 0 heterocycles. The lowest BCUT2D eigenvalue weighted by Crippen LogP contribution is -2.59. The van der Waals surface area contributed by atoms with Crippen LogP contribution in [0.3, 0.4) is 0 Å². The van der Waals surface area contributed by atoms with E-state index in [-0.39, 0.29) is 29.0 Å². The van der Waals surface area contributed by atoms with E-state index >= 15 is 0 Å². The summed E-state index contributed by atoms with van der Waals surface area (Å²) in [7, 11) is 0. The summed E-state index contributed by atoms with van der Waals surface area (Å²) in [5.41, 5.74) is 0.409. The largest absolute Gasteiger partial charge is 0.393 e. The van der Waals surface area contributed by atoms with Gasteiger partial charge < -0.3 is 15.3 Å². The van der Waals surface area contributed by atoms with Crippen LogP contribution >= 0.6 is 0 Å². The highest BCUT2D eigenvalue weighted by Crippen LogP contribution is 2.67. The molecular formula is C22H34O3. The Hall–Kier alpha value is -0.640. The minimum absolute atomic E-state index is 0.0633. The molecule has 0 amide bonds. The number of rotatable bonds is 2. The van der Waals surface area contributed by atoms with Crippen LogP contribution in [0.4, 0.5) is 0 Å². The van der Waals surface area contributed by atoms with Gasteiger partial charge in [0, 0.05) is 0 Å². The van der Waals surface area contributed by atoms with E-state index in [0.717, 1.165) is 38.5 Å². The number of fused-ring (bicyclic) bond motifs is 5. The van der Waals surface area contributed by atoms with Crippen LogP contribution in [0.2, 0.25) is 0 Å². The molecule has 4 aliphatic rings. The third-order valence-electron chi connectivity index (χ3n) is 8.70. The number of hydrogen-bond donors (Lipinski definition) is 3. The van der Waals surface area contributed by atoms with Gasteiger partial charge in [0.15, 0.2) is 0 Å². The van der Waals surface area contributed by atoms with E-state index in [0.29, 0.717) is 24.7 Å². The molecule has 0 aromatic carbocycles. The smallest absolute Gasteiger partial charge is 0.0898 e. The fourth-order valence-electron chi connectivity index (χ4n) is 7.21. The van der Waals surface area contributed by atoms with Gasteiger partial charge in [-0.1, -0.05) is 31.6 Å². The lowest BCUT2D eigenvalue weighted by atomic mass is 9.44. The molecule has 3 nitrogen and oxygen atoms in total. The third-order valence-corrected chi connectivity index (χ3v) is 8.70. The maximum atomic E-state index is 11.7. The molecule has 4 rings (SSSR count). The Morgan fingerprint density at radius 2 is 1.88 bits per heavy atom. The van der Waals surface area contributed by atoms with Crippen LogP contribution in [0.25, 0.3) is 0 Å². The minimum atomic E-state index is -0.880. The van der Waals surface area contributed by atoms with Gasteiger partial charge in [-0.05, 0) is 80.0 Å². The molecule has 0 aliphatic heterocycles. The Balaban J connectivity index is 1.82. The van der Waals surface area contributed by atoms with E-state index in [1.807, 2.05) is 6.08 Å². The zero-order valence-corrected chi connectivity index (χ0v) is 15.7. The summed E-state index contributed by atoms with van der Waals surface area (Å²) in [5, 5.41) is 32.6. The standard InChI is InChI=1S/C22H34O3/c1-4-9-22(25)13-14-12-15(23)7-10-20(14,2)17-8-11-21(3)16(19(17)22)5-6-18(21)24/h4,13,15-19,23-25H,1,5-12H2,2-3H3/t15-,16-,17-,18-,19-,20-,21-,22-/m0/s1. The van der Waals surface area contributed by atoms with Crippen molar-refractivity contribution in [1.29, 1.82) is 0 Å². The van der Waals surface area contributed by atoms with Crippen molar-refractivity contribution in [1.82, 2.24) is 0 Å². The molecule has 0 bridgehead atoms. The van der Waals surface area contributed by atoms with Gasteiger partial charge >= 0.3 is 0 Å². The Labute approximate surface area is 151 Å². The molecule has 8 atom stereocenters. The van der Waals surface area contributed by atoms with Crippen LogP contribution in [0, 0.1) is 28.6 Å². The normalized spacial score (nSPS) is 54.9. The maximum Gasteiger partial charge on any atom is 0.0898 e. The highest BCUT2D eigenvalue weighted by molar-refractivity contribution is 5.32. The van der Waals surface area contributed by atoms with Crippen LogP contribution in [-0.2, 0) is 0 Å². The molecule has 0 saturated heterocycles. The van der Waals surface area contributed by atoms with Crippen molar-refractivity contribution in [2.75, 3.05) is 0 Å². The van der Waals surface area contributed by atoms with E-state index in [1.165, 1.54) is 5.57 Å². The third kappa shape index (κ3) is 2.35. The first-order chi connectivity index (χ1) is 11.7. The number of hydrogen-bond acceptors (Lipinski definition) is 3. The van der Waals surface area contributed by atoms with Crippen molar-refractivity contribution in [2.45, 2.75) is 83.0 Å². The molecule has 3 heteroatoms. The van der Waals surface area contributed by atoms with Crippen LogP contribution in [0.5, 0.6) is 0 Å². The molecule has 3 N–H and O–H groups in total. The molecule has 140 valence electrons. The van der Waals surface area contributed by atoms with E-state index in [1.54, 1.807) is 0 Å². The van der Waals surface area contributed by atoms with Crippen LogP contribution in [0.1, 0.15) is 65.2 Å². The average molecular weight is 347 g/mol. The Morgan fingerprint density at radius 3 is 2.60 bits per heavy atom. The molecule has 3 fully saturated rings. The van der Waals surface area contributed by atoms with Crippen LogP contribution < -0.4 is 0 Å². The SMILES string of the molecule is C=CC[C@]1(O)C=C2C[C@@H](O)CC[C@]2(C)[C@H]2CC[C@]3(C)[C@@H](O)CC[C@H]3[C@@H]21. The van der Waals surface area contributed by atoms with E-state index in [9.17, 15) is 15.3 Å². The summed E-state index contributed by atoms with van der Waals surface area (Å²) in [6.07, 6.45) is 10.6. The average Bonchev–Trinajstić information content (AvgIpc) is 2.85. The van der Waals surface area contributed by atoms with Crippen molar-refractivity contribution >= 4 is 0 Å². The summed E-state index contributed by atoms with van der Waals surface area (Å²) >= 11 is 0. The van der Waals surface area contributed by atoms with Gasteiger partial charge in [-0.2, -0.15) is 0 Å². The molecule has 25 heavy (non-hydrogen) atoms. The second-order valence-corrected chi connectivity index (χ2v) is 9.84. The molecular weight excluding hydrogens is 312 g/mol. The van der Waals surface area contributed by atoms with Crippen molar-refractivity contribution < 1.29 is 15.3 Å². The Kier molecular flexibility index (Phi) is 4.03. The Bertz CT molecular complexity index is 598. The van der Waals surface area contributed by atoms with Gasteiger partial charge in [-0.25, -0.2) is 0 Å². The quantitative estimate of drug-likeness (QED) is 0.670. The van der Waals surface area contributed by atoms with Crippen LogP contribution in [-0.4, -0.2) is 33.1 Å². The van der Waals surface area contributed by atoms with Crippen molar-refractivity contribution in [2.24, 2.45) is 28.6 Å². The van der Waals surface area contributed by atoms with Gasteiger partial charge in [-0.3, -0.25) is 0 Å². The van der Waals surface area contributed by atoms with Gasteiger partial charge in [0.25, 0.3) is 0 Å². The van der Waals surface area contributed by atoms with Crippen molar-refractivity contribution in [3.63, 3.8) is 0 Å². The predicted octanol–water partition coefficient (Wildman–Crippen LogP) is 3.59. The first-order valence-corrected chi connectivity index (χ1v) is 10.2. The van der Waals surface area contributed by atoms with Crippen molar-refractivity contribution in [3.8, 4) is 0 Å². The van der Waals surface area contributed by atoms with Gasteiger partial charge in [-0.15, -0.1) is 6.58 Å². The van der Waals surface area contributed by atoms with Crippen LogP contribution in [0.15, 0.2) is 24.3 Å². The lowest BCUT2D eigenvalue weighted by molar-refractivity contribution is -0.143. The number of aliphatic hydroxyl groups excluding tert-OH is 2. The summed E-state index contributed by atoms with van der Waals surface area (Å²) in [4.78, 5) is 0. The summed E-state index contributed by atoms with van der Waals surface area (Å²) in [6.45, 7) is 8.51. The highest BCUT2D eigenvalue weighted by atomic mass is 16.3. The zero-order chi connectivity index (χ0) is 18.0. The minimum Gasteiger partial charge on any atom is -0.393 e. The second-order valence-electron chi connectivity index (χ2n) is 9.84. The maximum absolute atomic E-state index is 11.7. The van der Waals surface area contributed by atoms with E-state index in [2.05, 4.69) is 26.5 Å². The summed E-state index contributed by atoms with van der Waals surface area (Å²) < 4.78 is 0. The first kappa shape index (κ1) is 17.8. The molecule has 4 aliphatic carbocycles. The molecule has 3 saturated carbocycles. The zero-order valence-electron chi connectivity index (χ0n) is 15.7. The van der Waals surface area contributed by atoms with Gasteiger partial charge in [0.1, 0.15) is 0 Å². The first-order valence-electron chi connectivity index (χ1n) is 10.2. The van der Waals surface area contributed by atoms with E-state index < -0.39 is 5.60 Å².